The van der Waals surface area contributed by atoms with Gasteiger partial charge in [-0.1, -0.05) is 6.92 Å². The van der Waals surface area contributed by atoms with Gasteiger partial charge in [-0.05, 0) is 18.4 Å². The number of fused-ring (bicyclic) bond motifs is 1. The van der Waals surface area contributed by atoms with Crippen molar-refractivity contribution < 1.29 is 0 Å². The first-order valence-electron chi connectivity index (χ1n) is 6.05. The van der Waals surface area contributed by atoms with Gasteiger partial charge >= 0.3 is 0 Å². The van der Waals surface area contributed by atoms with Crippen LogP contribution in [-0.4, -0.2) is 33.7 Å². The molecular weight excluding hydrogens is 214 g/mol. The molecule has 1 saturated heterocycles. The molecule has 0 spiro atoms. The van der Waals surface area contributed by atoms with Crippen LogP contribution in [0, 0.1) is 5.92 Å². The number of hydrogen-bond acceptors (Lipinski definition) is 4. The zero-order chi connectivity index (χ0) is 11.8. The number of aromatic nitrogens is 3. The molecule has 2 N–H and O–H groups in total. The highest BCUT2D eigenvalue weighted by molar-refractivity contribution is 5.47. The maximum atomic E-state index is 6.03. The van der Waals surface area contributed by atoms with Crippen LogP contribution in [0.1, 0.15) is 13.3 Å². The number of anilines is 1. The Kier molecular flexibility index (Phi) is 2.48. The summed E-state index contributed by atoms with van der Waals surface area (Å²) in [5, 5.41) is 4.15. The first-order valence-corrected chi connectivity index (χ1v) is 6.05. The Morgan fingerprint density at radius 2 is 2.29 bits per heavy atom. The van der Waals surface area contributed by atoms with Gasteiger partial charge in [-0.2, -0.15) is 5.10 Å². The zero-order valence-electron chi connectivity index (χ0n) is 9.95. The highest BCUT2D eigenvalue weighted by Crippen LogP contribution is 2.20. The summed E-state index contributed by atoms with van der Waals surface area (Å²) in [5.74, 6) is 1.54. The first kappa shape index (κ1) is 10.5. The zero-order valence-corrected chi connectivity index (χ0v) is 9.95. The molecule has 17 heavy (non-hydrogen) atoms. The van der Waals surface area contributed by atoms with E-state index in [1.54, 1.807) is 10.7 Å². The van der Waals surface area contributed by atoms with Crippen molar-refractivity contribution in [1.29, 1.82) is 0 Å². The second kappa shape index (κ2) is 4.00. The van der Waals surface area contributed by atoms with E-state index in [0.717, 1.165) is 31.0 Å². The van der Waals surface area contributed by atoms with Crippen LogP contribution >= 0.6 is 0 Å². The molecule has 3 rings (SSSR count). The lowest BCUT2D eigenvalue weighted by atomic mass is 9.95. The fourth-order valence-corrected chi connectivity index (χ4v) is 2.35. The first-order chi connectivity index (χ1) is 8.24. The molecule has 1 aliphatic rings. The average molecular weight is 231 g/mol. The molecule has 2 unspecified atom stereocenters. The lowest BCUT2D eigenvalue weighted by molar-refractivity contribution is 0.381. The molecule has 2 aromatic heterocycles. The fourth-order valence-electron chi connectivity index (χ4n) is 2.35. The lowest BCUT2D eigenvalue weighted by Gasteiger charge is -2.35. The molecule has 0 bridgehead atoms. The molecule has 0 aliphatic carbocycles. The van der Waals surface area contributed by atoms with Gasteiger partial charge in [0.15, 0.2) is 5.65 Å². The quantitative estimate of drug-likeness (QED) is 0.792. The normalized spacial score (nSPS) is 25.4. The molecule has 0 radical (unpaired) electrons. The van der Waals surface area contributed by atoms with Gasteiger partial charge in [0.1, 0.15) is 5.82 Å². The lowest BCUT2D eigenvalue weighted by Crippen LogP contribution is -2.46. The van der Waals surface area contributed by atoms with Crippen molar-refractivity contribution in [3.05, 3.63) is 24.5 Å². The molecule has 0 aromatic carbocycles. The van der Waals surface area contributed by atoms with E-state index in [9.17, 15) is 0 Å². The summed E-state index contributed by atoms with van der Waals surface area (Å²) in [6, 6.07) is 4.26. The van der Waals surface area contributed by atoms with Crippen molar-refractivity contribution in [2.24, 2.45) is 11.7 Å². The standard InChI is InChI=1S/C12H17N5/c1-9-8-16(6-3-10(9)13)11-4-7-17-12(15-11)2-5-14-17/h2,4-5,7,9-10H,3,6,8,13H2,1H3. The van der Waals surface area contributed by atoms with Gasteiger partial charge in [-0.25, -0.2) is 9.50 Å². The van der Waals surface area contributed by atoms with E-state index in [1.165, 1.54) is 0 Å². The van der Waals surface area contributed by atoms with Gasteiger partial charge in [0.2, 0.25) is 0 Å². The highest BCUT2D eigenvalue weighted by Gasteiger charge is 2.23. The Hall–Kier alpha value is -1.62. The topological polar surface area (TPSA) is 59.5 Å². The van der Waals surface area contributed by atoms with Gasteiger partial charge in [-0.15, -0.1) is 0 Å². The van der Waals surface area contributed by atoms with Crippen molar-refractivity contribution in [1.82, 2.24) is 14.6 Å². The van der Waals surface area contributed by atoms with Gasteiger partial charge in [0.05, 0.1) is 6.20 Å². The molecule has 2 atom stereocenters. The van der Waals surface area contributed by atoms with E-state index >= 15 is 0 Å². The maximum Gasteiger partial charge on any atom is 0.157 e. The molecule has 90 valence electrons. The van der Waals surface area contributed by atoms with Crippen LogP contribution in [0.2, 0.25) is 0 Å². The Morgan fingerprint density at radius 1 is 1.41 bits per heavy atom. The molecule has 0 saturated carbocycles. The van der Waals surface area contributed by atoms with E-state index in [0.29, 0.717) is 12.0 Å². The summed E-state index contributed by atoms with van der Waals surface area (Å²) < 4.78 is 1.78. The smallest absolute Gasteiger partial charge is 0.157 e. The second-order valence-corrected chi connectivity index (χ2v) is 4.80. The molecule has 3 heterocycles. The summed E-state index contributed by atoms with van der Waals surface area (Å²) in [6.07, 6.45) is 4.75. The maximum absolute atomic E-state index is 6.03. The predicted octanol–water partition coefficient (Wildman–Crippen LogP) is 0.903. The van der Waals surface area contributed by atoms with Gasteiger partial charge in [0.25, 0.3) is 0 Å². The van der Waals surface area contributed by atoms with Crippen molar-refractivity contribution >= 4 is 11.5 Å². The van der Waals surface area contributed by atoms with Crippen molar-refractivity contribution in [2.45, 2.75) is 19.4 Å². The second-order valence-electron chi connectivity index (χ2n) is 4.80. The predicted molar refractivity (Wildman–Crippen MR) is 67.0 cm³/mol. The number of hydrogen-bond donors (Lipinski definition) is 1. The van der Waals surface area contributed by atoms with Crippen molar-refractivity contribution in [3.8, 4) is 0 Å². The SMILES string of the molecule is CC1CN(c2ccn3nccc3n2)CCC1N. The van der Waals surface area contributed by atoms with Crippen LogP contribution in [-0.2, 0) is 0 Å². The Bertz CT molecular complexity index is 520. The Balaban J connectivity index is 1.88. The summed E-state index contributed by atoms with van der Waals surface area (Å²) in [6.45, 7) is 4.18. The molecule has 5 nitrogen and oxygen atoms in total. The summed E-state index contributed by atoms with van der Waals surface area (Å²) in [4.78, 5) is 6.91. The molecular formula is C12H17N5. The molecule has 0 amide bonds. The minimum Gasteiger partial charge on any atom is -0.356 e. The van der Waals surface area contributed by atoms with E-state index in [4.69, 9.17) is 5.73 Å². The third-order valence-electron chi connectivity index (χ3n) is 3.54. The van der Waals surface area contributed by atoms with E-state index in [-0.39, 0.29) is 0 Å². The molecule has 2 aromatic rings. The molecule has 5 heteroatoms. The third kappa shape index (κ3) is 1.86. The summed E-state index contributed by atoms with van der Waals surface area (Å²) in [7, 11) is 0. The molecule has 1 aliphatic heterocycles. The van der Waals surface area contributed by atoms with E-state index in [1.807, 2.05) is 18.3 Å². The van der Waals surface area contributed by atoms with Crippen molar-refractivity contribution in [3.63, 3.8) is 0 Å². The fraction of sp³-hybridized carbons (Fsp3) is 0.500. The third-order valence-corrected chi connectivity index (χ3v) is 3.54. The Morgan fingerprint density at radius 3 is 3.12 bits per heavy atom. The largest absolute Gasteiger partial charge is 0.356 e. The van der Waals surface area contributed by atoms with Crippen LogP contribution < -0.4 is 10.6 Å². The highest BCUT2D eigenvalue weighted by atomic mass is 15.3. The summed E-state index contributed by atoms with van der Waals surface area (Å²) >= 11 is 0. The minimum absolute atomic E-state index is 0.324. The van der Waals surface area contributed by atoms with Crippen LogP contribution in [0.3, 0.4) is 0 Å². The van der Waals surface area contributed by atoms with Crippen LogP contribution in [0.15, 0.2) is 24.5 Å². The Labute approximate surface area is 100 Å². The summed E-state index contributed by atoms with van der Waals surface area (Å²) in [5.41, 5.74) is 6.92. The molecule has 1 fully saturated rings. The van der Waals surface area contributed by atoms with Crippen LogP contribution in [0.4, 0.5) is 5.82 Å². The number of rotatable bonds is 1. The van der Waals surface area contributed by atoms with Crippen LogP contribution in [0.5, 0.6) is 0 Å². The monoisotopic (exact) mass is 231 g/mol. The van der Waals surface area contributed by atoms with Gasteiger partial charge in [0, 0.05) is 31.4 Å². The van der Waals surface area contributed by atoms with E-state index < -0.39 is 0 Å². The van der Waals surface area contributed by atoms with Gasteiger partial charge in [-0.3, -0.25) is 0 Å². The number of nitrogens with two attached hydrogens (primary N) is 1. The average Bonchev–Trinajstić information content (AvgIpc) is 2.79. The minimum atomic E-state index is 0.324. The van der Waals surface area contributed by atoms with Crippen molar-refractivity contribution in [2.75, 3.05) is 18.0 Å². The number of nitrogens with zero attached hydrogens (tertiary/aromatic N) is 4. The van der Waals surface area contributed by atoms with Crippen LogP contribution in [0.25, 0.3) is 5.65 Å². The van der Waals surface area contributed by atoms with E-state index in [2.05, 4.69) is 21.9 Å². The van der Waals surface area contributed by atoms with Gasteiger partial charge < -0.3 is 10.6 Å². The number of piperidine rings is 1.